The van der Waals surface area contributed by atoms with E-state index >= 15 is 0 Å². The Bertz CT molecular complexity index is 98.6. The van der Waals surface area contributed by atoms with Crippen LogP contribution in [0.4, 0.5) is 0 Å². The maximum absolute atomic E-state index is 10.4. The number of thiol groups is 2. The van der Waals surface area contributed by atoms with Gasteiger partial charge in [-0.1, -0.05) is 0 Å². The summed E-state index contributed by atoms with van der Waals surface area (Å²) in [5, 5.41) is 2.74. The smallest absolute Gasteiger partial charge is 0.235 e. The molecule has 0 aromatic carbocycles. The van der Waals surface area contributed by atoms with E-state index in [1.165, 1.54) is 0 Å². The molecular formula is C4H10N2OS2. The lowest BCUT2D eigenvalue weighted by molar-refractivity contribution is -0.119. The average Bonchev–Trinajstić information content (AvgIpc) is 1.82. The maximum Gasteiger partial charge on any atom is 0.235 e. The van der Waals surface area contributed by atoms with E-state index in [9.17, 15) is 4.79 Å². The summed E-state index contributed by atoms with van der Waals surface area (Å²) in [5.74, 6) is 0.461. The molecule has 0 aliphatic heterocycles. The summed E-state index contributed by atoms with van der Waals surface area (Å²) in [4.78, 5) is 10.4. The normalized spacial score (nSPS) is 13.1. The minimum Gasteiger partial charge on any atom is -0.368 e. The fraction of sp³-hybridized carbons (Fsp3) is 0.750. The third-order valence-corrected chi connectivity index (χ3v) is 1.41. The van der Waals surface area contributed by atoms with Gasteiger partial charge < -0.3 is 5.73 Å². The summed E-state index contributed by atoms with van der Waals surface area (Å²) in [6, 6.07) is -0.356. The number of nitrogens with one attached hydrogen (secondary N) is 1. The van der Waals surface area contributed by atoms with Crippen LogP contribution in [-0.4, -0.2) is 23.6 Å². The first-order valence-corrected chi connectivity index (χ1v) is 3.73. The molecule has 1 amide bonds. The highest BCUT2D eigenvalue weighted by Gasteiger charge is 2.09. The van der Waals surface area contributed by atoms with Gasteiger partial charge in [-0.2, -0.15) is 25.3 Å². The van der Waals surface area contributed by atoms with E-state index in [0.29, 0.717) is 11.6 Å². The summed E-state index contributed by atoms with van der Waals surface area (Å²) >= 11 is 7.75. The predicted octanol–water partition coefficient (Wildman–Crippen LogP) is -0.753. The highest BCUT2D eigenvalue weighted by molar-refractivity contribution is 7.80. The Labute approximate surface area is 65.2 Å². The number of primary amides is 1. The first-order valence-electron chi connectivity index (χ1n) is 2.46. The van der Waals surface area contributed by atoms with Crippen molar-refractivity contribution in [2.45, 2.75) is 6.04 Å². The van der Waals surface area contributed by atoms with Crippen molar-refractivity contribution in [2.75, 3.05) is 11.6 Å². The molecule has 0 saturated heterocycles. The van der Waals surface area contributed by atoms with Crippen molar-refractivity contribution in [3.8, 4) is 0 Å². The molecule has 5 heteroatoms. The highest BCUT2D eigenvalue weighted by atomic mass is 32.1. The zero-order valence-corrected chi connectivity index (χ0v) is 6.66. The van der Waals surface area contributed by atoms with E-state index in [4.69, 9.17) is 5.73 Å². The van der Waals surface area contributed by atoms with E-state index in [1.54, 1.807) is 0 Å². The average molecular weight is 166 g/mol. The Balaban J connectivity index is 3.54. The second-order valence-corrected chi connectivity index (χ2v) is 2.18. The second kappa shape index (κ2) is 4.96. The monoisotopic (exact) mass is 166 g/mol. The van der Waals surface area contributed by atoms with Crippen LogP contribution in [0.25, 0.3) is 0 Å². The van der Waals surface area contributed by atoms with Gasteiger partial charge in [0.2, 0.25) is 5.91 Å². The largest absolute Gasteiger partial charge is 0.368 e. The third kappa shape index (κ3) is 3.66. The molecule has 0 aliphatic carbocycles. The summed E-state index contributed by atoms with van der Waals surface area (Å²) in [7, 11) is 0. The lowest BCUT2D eigenvalue weighted by Crippen LogP contribution is -2.42. The van der Waals surface area contributed by atoms with Crippen LogP contribution in [0.3, 0.4) is 0 Å². The quantitative estimate of drug-likeness (QED) is 0.328. The number of carbonyl (C=O) groups excluding carboxylic acids is 1. The molecule has 3 nitrogen and oxygen atoms in total. The number of nitrogens with two attached hydrogens (primary N) is 1. The molecule has 0 aromatic rings. The molecule has 0 radical (unpaired) electrons. The minimum atomic E-state index is -0.390. The third-order valence-electron chi connectivity index (χ3n) is 0.864. The Kier molecular flexibility index (Phi) is 5.03. The van der Waals surface area contributed by atoms with Crippen LogP contribution in [0.5, 0.6) is 0 Å². The summed E-state index contributed by atoms with van der Waals surface area (Å²) < 4.78 is 0. The van der Waals surface area contributed by atoms with Crippen molar-refractivity contribution < 1.29 is 4.79 Å². The molecule has 54 valence electrons. The first-order chi connectivity index (χ1) is 4.22. The number of carbonyl (C=O) groups is 1. The first kappa shape index (κ1) is 9.13. The lowest BCUT2D eigenvalue weighted by Gasteiger charge is -2.08. The van der Waals surface area contributed by atoms with E-state index < -0.39 is 0 Å². The van der Waals surface area contributed by atoms with Gasteiger partial charge in [0, 0.05) is 11.6 Å². The zero-order chi connectivity index (χ0) is 7.28. The van der Waals surface area contributed by atoms with Gasteiger partial charge in [0.05, 0.1) is 6.04 Å². The molecule has 0 fully saturated rings. The van der Waals surface area contributed by atoms with E-state index in [2.05, 4.69) is 30.6 Å². The van der Waals surface area contributed by atoms with Crippen molar-refractivity contribution in [3.63, 3.8) is 0 Å². The highest BCUT2D eigenvalue weighted by Crippen LogP contribution is 1.85. The van der Waals surface area contributed by atoms with E-state index in [0.717, 1.165) is 0 Å². The van der Waals surface area contributed by atoms with Gasteiger partial charge in [-0.3, -0.25) is 10.1 Å². The Morgan fingerprint density at radius 2 is 2.22 bits per heavy atom. The molecule has 0 bridgehead atoms. The molecule has 0 heterocycles. The fourth-order valence-electron chi connectivity index (χ4n) is 0.365. The molecule has 0 aliphatic rings. The molecule has 0 unspecified atom stereocenters. The van der Waals surface area contributed by atoms with E-state index in [1.807, 2.05) is 0 Å². The molecular weight excluding hydrogens is 156 g/mol. The van der Waals surface area contributed by atoms with Gasteiger partial charge in [-0.05, 0) is 0 Å². The van der Waals surface area contributed by atoms with Crippen LogP contribution in [0, 0.1) is 0 Å². The SMILES string of the molecule is NC(=O)[C@H](CS)NCS. The molecule has 0 saturated carbocycles. The second-order valence-electron chi connectivity index (χ2n) is 1.50. The van der Waals surface area contributed by atoms with Crippen molar-refractivity contribution in [2.24, 2.45) is 5.73 Å². The van der Waals surface area contributed by atoms with Gasteiger partial charge in [0.1, 0.15) is 0 Å². The standard InChI is InChI=1S/C4H10N2OS2/c5-4(7)3(1-8)6-2-9/h3,6,8-9H,1-2H2,(H2,5,7)/t3-/m0/s1. The number of amides is 1. The van der Waals surface area contributed by atoms with Crippen LogP contribution in [0.15, 0.2) is 0 Å². The molecule has 3 N–H and O–H groups in total. The number of hydrogen-bond donors (Lipinski definition) is 4. The van der Waals surface area contributed by atoms with Crippen molar-refractivity contribution in [1.82, 2.24) is 5.32 Å². The summed E-state index contributed by atoms with van der Waals surface area (Å²) in [6.45, 7) is 0. The maximum atomic E-state index is 10.4. The van der Waals surface area contributed by atoms with Crippen LogP contribution in [-0.2, 0) is 4.79 Å². The van der Waals surface area contributed by atoms with Crippen molar-refractivity contribution in [1.29, 1.82) is 0 Å². The predicted molar refractivity (Wildman–Crippen MR) is 43.8 cm³/mol. The summed E-state index contributed by atoms with van der Waals surface area (Å²) in [6.07, 6.45) is 0. The van der Waals surface area contributed by atoms with Crippen molar-refractivity contribution >= 4 is 31.2 Å². The lowest BCUT2D eigenvalue weighted by atomic mass is 10.3. The van der Waals surface area contributed by atoms with Crippen LogP contribution in [0.2, 0.25) is 0 Å². The minimum absolute atomic E-state index is 0.356. The molecule has 0 aromatic heterocycles. The number of hydrogen-bond acceptors (Lipinski definition) is 4. The van der Waals surface area contributed by atoms with Gasteiger partial charge in [-0.25, -0.2) is 0 Å². The summed E-state index contributed by atoms with van der Waals surface area (Å²) in [5.41, 5.74) is 4.95. The van der Waals surface area contributed by atoms with Gasteiger partial charge in [0.15, 0.2) is 0 Å². The van der Waals surface area contributed by atoms with Crippen LogP contribution >= 0.6 is 25.3 Å². The topological polar surface area (TPSA) is 55.1 Å². The molecule has 1 atom stereocenters. The Hall–Kier alpha value is 0.130. The Morgan fingerprint density at radius 3 is 2.33 bits per heavy atom. The Morgan fingerprint density at radius 1 is 1.67 bits per heavy atom. The molecule has 0 spiro atoms. The van der Waals surface area contributed by atoms with E-state index in [-0.39, 0.29) is 11.9 Å². The van der Waals surface area contributed by atoms with Gasteiger partial charge in [-0.15, -0.1) is 0 Å². The molecule has 9 heavy (non-hydrogen) atoms. The molecule has 0 rings (SSSR count). The fourth-order valence-corrected chi connectivity index (χ4v) is 0.895. The van der Waals surface area contributed by atoms with Crippen LogP contribution < -0.4 is 11.1 Å². The number of rotatable bonds is 4. The van der Waals surface area contributed by atoms with Gasteiger partial charge >= 0.3 is 0 Å². The van der Waals surface area contributed by atoms with Gasteiger partial charge in [0.25, 0.3) is 0 Å². The van der Waals surface area contributed by atoms with Crippen molar-refractivity contribution in [3.05, 3.63) is 0 Å². The zero-order valence-electron chi connectivity index (χ0n) is 4.87. The van der Waals surface area contributed by atoms with Crippen LogP contribution in [0.1, 0.15) is 0 Å².